The second-order valence-corrected chi connectivity index (χ2v) is 5.76. The molecule has 9 heteroatoms. The van der Waals surface area contributed by atoms with Crippen LogP contribution in [0, 0.1) is 0 Å². The molecule has 0 aromatic heterocycles. The van der Waals surface area contributed by atoms with Gasteiger partial charge >= 0.3 is 6.03 Å². The molecule has 0 heterocycles. The van der Waals surface area contributed by atoms with Crippen molar-refractivity contribution >= 4 is 47.0 Å². The normalized spacial score (nSPS) is 10.4. The quantitative estimate of drug-likeness (QED) is 0.518. The molecule has 3 amide bonds. The molecule has 136 valence electrons. The number of carbonyl (C=O) groups is 2. The molecule has 0 unspecified atom stereocenters. The lowest BCUT2D eigenvalue weighted by molar-refractivity contribution is -0.120. The lowest BCUT2D eigenvalue weighted by atomic mass is 10.2. The Morgan fingerprint density at radius 2 is 1.88 bits per heavy atom. The average Bonchev–Trinajstić information content (AvgIpc) is 2.64. The van der Waals surface area contributed by atoms with E-state index in [1.807, 2.05) is 0 Å². The van der Waals surface area contributed by atoms with Gasteiger partial charge in [-0.3, -0.25) is 4.79 Å². The topological polar surface area (TPSA) is 91.8 Å². The van der Waals surface area contributed by atoms with E-state index in [2.05, 4.69) is 21.2 Å². The molecule has 0 saturated carbocycles. The molecule has 2 aromatic rings. The molecule has 0 saturated heterocycles. The predicted molar refractivity (Wildman–Crippen MR) is 102 cm³/mol. The molecule has 0 aliphatic rings. The maximum atomic E-state index is 11.8. The van der Waals surface area contributed by atoms with Crippen molar-refractivity contribution in [3.63, 3.8) is 0 Å². The van der Waals surface area contributed by atoms with Crippen LogP contribution >= 0.6 is 23.2 Å². The van der Waals surface area contributed by atoms with Gasteiger partial charge in [-0.15, -0.1) is 0 Å². The lowest BCUT2D eigenvalue weighted by Crippen LogP contribution is -2.37. The van der Waals surface area contributed by atoms with Gasteiger partial charge in [0.1, 0.15) is 12.3 Å². The number of rotatable bonds is 6. The van der Waals surface area contributed by atoms with Crippen molar-refractivity contribution in [3.8, 4) is 5.75 Å². The number of carbonyl (C=O) groups excluding carboxylic acids is 2. The fourth-order valence-corrected chi connectivity index (χ4v) is 2.18. The van der Waals surface area contributed by atoms with Gasteiger partial charge in [-0.05, 0) is 42.0 Å². The van der Waals surface area contributed by atoms with Crippen molar-refractivity contribution in [2.75, 3.05) is 19.0 Å². The van der Waals surface area contributed by atoms with E-state index >= 15 is 0 Å². The third kappa shape index (κ3) is 5.94. The van der Waals surface area contributed by atoms with E-state index in [4.69, 9.17) is 27.9 Å². The summed E-state index contributed by atoms with van der Waals surface area (Å²) in [5, 5.41) is 9.23. The smallest absolute Gasteiger partial charge is 0.319 e. The van der Waals surface area contributed by atoms with Gasteiger partial charge in [0.25, 0.3) is 5.91 Å². The van der Waals surface area contributed by atoms with Crippen LogP contribution in [-0.2, 0) is 4.79 Å². The van der Waals surface area contributed by atoms with Crippen LogP contribution < -0.4 is 20.8 Å². The summed E-state index contributed by atoms with van der Waals surface area (Å²) < 4.78 is 5.05. The van der Waals surface area contributed by atoms with Crippen LogP contribution in [0.1, 0.15) is 5.56 Å². The number of nitrogens with one attached hydrogen (secondary N) is 3. The number of benzene rings is 2. The van der Waals surface area contributed by atoms with Gasteiger partial charge < -0.3 is 15.4 Å². The lowest BCUT2D eigenvalue weighted by Gasteiger charge is -2.09. The van der Waals surface area contributed by atoms with Crippen LogP contribution in [-0.4, -0.2) is 31.8 Å². The van der Waals surface area contributed by atoms with Crippen LogP contribution in [0.15, 0.2) is 47.6 Å². The van der Waals surface area contributed by atoms with Crippen LogP contribution in [0.5, 0.6) is 5.75 Å². The van der Waals surface area contributed by atoms with E-state index in [0.717, 1.165) is 11.3 Å². The third-order valence-electron chi connectivity index (χ3n) is 3.13. The first-order valence-corrected chi connectivity index (χ1v) is 8.20. The number of nitrogens with zero attached hydrogens (tertiary/aromatic N) is 1. The Balaban J connectivity index is 1.76. The summed E-state index contributed by atoms with van der Waals surface area (Å²) in [6.45, 7) is -0.260. The number of hydrazone groups is 1. The summed E-state index contributed by atoms with van der Waals surface area (Å²) in [6.07, 6.45) is 1.48. The predicted octanol–water partition coefficient (Wildman–Crippen LogP) is 3.27. The van der Waals surface area contributed by atoms with E-state index < -0.39 is 11.9 Å². The van der Waals surface area contributed by atoms with E-state index in [1.54, 1.807) is 49.6 Å². The Morgan fingerprint density at radius 3 is 2.58 bits per heavy atom. The fraction of sp³-hybridized carbons (Fsp3) is 0.118. The van der Waals surface area contributed by atoms with Gasteiger partial charge in [0.15, 0.2) is 0 Å². The maximum absolute atomic E-state index is 11.8. The van der Waals surface area contributed by atoms with E-state index in [1.165, 1.54) is 6.21 Å². The van der Waals surface area contributed by atoms with Crippen molar-refractivity contribution in [3.05, 3.63) is 58.1 Å². The first kappa shape index (κ1) is 19.6. The number of hydrogen-bond acceptors (Lipinski definition) is 4. The van der Waals surface area contributed by atoms with E-state index in [9.17, 15) is 9.59 Å². The molecular formula is C17H16Cl2N4O3. The molecule has 7 nitrogen and oxygen atoms in total. The number of hydrogen-bond donors (Lipinski definition) is 3. The Bertz CT molecular complexity index is 810. The molecule has 2 aromatic carbocycles. The van der Waals surface area contributed by atoms with Gasteiger partial charge in [0, 0.05) is 0 Å². The summed E-state index contributed by atoms with van der Waals surface area (Å²) in [5.41, 5.74) is 3.44. The highest BCUT2D eigenvalue weighted by Gasteiger charge is 2.09. The molecule has 0 spiro atoms. The molecule has 26 heavy (non-hydrogen) atoms. The SMILES string of the molecule is COc1ccc(/C=N/NC(=O)CNC(=O)Nc2cccc(Cl)c2Cl)cc1. The number of amides is 3. The van der Waals surface area contributed by atoms with Gasteiger partial charge in [0.05, 0.1) is 29.1 Å². The zero-order valence-corrected chi connectivity index (χ0v) is 15.3. The average molecular weight is 395 g/mol. The molecule has 3 N–H and O–H groups in total. The van der Waals surface area contributed by atoms with E-state index in [0.29, 0.717) is 10.7 Å². The van der Waals surface area contributed by atoms with Gasteiger partial charge in [-0.1, -0.05) is 29.3 Å². The minimum absolute atomic E-state index is 0.220. The Labute approximate surface area is 160 Å². The van der Waals surface area contributed by atoms with Crippen LogP contribution in [0.2, 0.25) is 10.0 Å². The van der Waals surface area contributed by atoms with Crippen LogP contribution in [0.4, 0.5) is 10.5 Å². The molecule has 0 radical (unpaired) electrons. The highest BCUT2D eigenvalue weighted by atomic mass is 35.5. The Morgan fingerprint density at radius 1 is 1.15 bits per heavy atom. The second kappa shape index (κ2) is 9.65. The Kier molecular flexibility index (Phi) is 7.25. The van der Waals surface area contributed by atoms with Gasteiger partial charge in [-0.25, -0.2) is 10.2 Å². The third-order valence-corrected chi connectivity index (χ3v) is 3.95. The number of methoxy groups -OCH3 is 1. The molecule has 0 aliphatic heterocycles. The maximum Gasteiger partial charge on any atom is 0.319 e. The highest BCUT2D eigenvalue weighted by Crippen LogP contribution is 2.29. The van der Waals surface area contributed by atoms with Crippen molar-refractivity contribution in [1.29, 1.82) is 0 Å². The zero-order chi connectivity index (χ0) is 18.9. The van der Waals surface area contributed by atoms with E-state index in [-0.39, 0.29) is 11.6 Å². The number of anilines is 1. The standard InChI is InChI=1S/C17H16Cl2N4O3/c1-26-12-7-5-11(6-8-12)9-21-23-15(24)10-20-17(25)22-14-4-2-3-13(18)16(14)19/h2-9H,10H2,1H3,(H,23,24)(H2,20,22,25)/b21-9+. The van der Waals surface area contributed by atoms with Crippen molar-refractivity contribution in [2.45, 2.75) is 0 Å². The highest BCUT2D eigenvalue weighted by molar-refractivity contribution is 6.43. The minimum atomic E-state index is -0.594. The first-order chi connectivity index (χ1) is 12.5. The van der Waals surface area contributed by atoms with Gasteiger partial charge in [0.2, 0.25) is 0 Å². The summed E-state index contributed by atoms with van der Waals surface area (Å²) in [5.74, 6) is 0.239. The fourth-order valence-electron chi connectivity index (χ4n) is 1.84. The molecular weight excluding hydrogens is 379 g/mol. The first-order valence-electron chi connectivity index (χ1n) is 7.44. The number of ether oxygens (including phenoxy) is 1. The minimum Gasteiger partial charge on any atom is -0.497 e. The monoisotopic (exact) mass is 394 g/mol. The van der Waals surface area contributed by atoms with Crippen LogP contribution in [0.3, 0.4) is 0 Å². The summed E-state index contributed by atoms with van der Waals surface area (Å²) in [6, 6.07) is 11.4. The van der Waals surface area contributed by atoms with Gasteiger partial charge in [-0.2, -0.15) is 5.10 Å². The number of urea groups is 1. The van der Waals surface area contributed by atoms with Crippen molar-refractivity contribution < 1.29 is 14.3 Å². The van der Waals surface area contributed by atoms with Crippen molar-refractivity contribution in [1.82, 2.24) is 10.7 Å². The Hall–Kier alpha value is -2.77. The molecule has 0 bridgehead atoms. The molecule has 0 fully saturated rings. The number of halogens is 2. The molecule has 0 aliphatic carbocycles. The van der Waals surface area contributed by atoms with Crippen molar-refractivity contribution in [2.24, 2.45) is 5.10 Å². The summed E-state index contributed by atoms with van der Waals surface area (Å²) >= 11 is 11.8. The zero-order valence-electron chi connectivity index (χ0n) is 13.8. The summed E-state index contributed by atoms with van der Waals surface area (Å²) in [7, 11) is 1.58. The van der Waals surface area contributed by atoms with Crippen LogP contribution in [0.25, 0.3) is 0 Å². The summed E-state index contributed by atoms with van der Waals surface area (Å²) in [4.78, 5) is 23.5. The second-order valence-electron chi connectivity index (χ2n) is 4.98. The molecule has 2 rings (SSSR count). The molecule has 0 atom stereocenters. The largest absolute Gasteiger partial charge is 0.497 e.